The molecule has 0 saturated carbocycles. The number of hydrogen-bond donors (Lipinski definition) is 1. The van der Waals surface area contributed by atoms with Crippen molar-refractivity contribution in [1.82, 2.24) is 5.32 Å². The van der Waals surface area contributed by atoms with Crippen molar-refractivity contribution in [2.75, 3.05) is 18.6 Å². The zero-order valence-electron chi connectivity index (χ0n) is 6.88. The van der Waals surface area contributed by atoms with E-state index in [0.29, 0.717) is 6.04 Å². The molecule has 0 aromatic carbocycles. The van der Waals surface area contributed by atoms with Gasteiger partial charge < -0.3 is 5.32 Å². The van der Waals surface area contributed by atoms with Crippen molar-refractivity contribution in [3.63, 3.8) is 0 Å². The lowest BCUT2D eigenvalue weighted by atomic mass is 10.2. The number of hydrogen-bond acceptors (Lipinski definition) is 2. The van der Waals surface area contributed by atoms with Crippen molar-refractivity contribution in [3.8, 4) is 0 Å². The maximum Gasteiger partial charge on any atom is 0.0357 e. The van der Waals surface area contributed by atoms with Gasteiger partial charge in [-0.2, -0.15) is 0 Å². The van der Waals surface area contributed by atoms with Crippen LogP contribution in [0.2, 0.25) is 0 Å². The minimum atomic E-state index is -0.648. The molecule has 0 radical (unpaired) electrons. The van der Waals surface area contributed by atoms with Crippen LogP contribution >= 0.6 is 0 Å². The molecule has 1 aliphatic rings. The van der Waals surface area contributed by atoms with E-state index in [-0.39, 0.29) is 0 Å². The summed E-state index contributed by atoms with van der Waals surface area (Å²) in [5.41, 5.74) is 0. The molecule has 0 bridgehead atoms. The van der Waals surface area contributed by atoms with E-state index in [1.165, 1.54) is 0 Å². The van der Waals surface area contributed by atoms with E-state index in [9.17, 15) is 4.21 Å². The summed E-state index contributed by atoms with van der Waals surface area (Å²) >= 11 is 0. The molecule has 1 unspecified atom stereocenters. The molecule has 0 saturated heterocycles. The van der Waals surface area contributed by atoms with Gasteiger partial charge in [0, 0.05) is 35.4 Å². The molecule has 0 spiro atoms. The average Bonchev–Trinajstić information content (AvgIpc) is 2.39. The smallest absolute Gasteiger partial charge is 0.0357 e. The van der Waals surface area contributed by atoms with Gasteiger partial charge >= 0.3 is 0 Å². The van der Waals surface area contributed by atoms with Crippen molar-refractivity contribution in [3.05, 3.63) is 12.2 Å². The van der Waals surface area contributed by atoms with Gasteiger partial charge in [-0.15, -0.1) is 0 Å². The fraction of sp³-hybridized carbons (Fsp3) is 0.750. The van der Waals surface area contributed by atoms with E-state index in [4.69, 9.17) is 0 Å². The molecule has 1 aliphatic carbocycles. The lowest BCUT2D eigenvalue weighted by molar-refractivity contribution is 0.558. The fourth-order valence-electron chi connectivity index (χ4n) is 1.19. The van der Waals surface area contributed by atoms with Crippen LogP contribution in [0.4, 0.5) is 0 Å². The standard InChI is InChI=1S/C8H15NOS/c1-11(10)7-6-9-8-4-2-3-5-8/h2-3,8-9H,4-7H2,1H3. The predicted octanol–water partition coefficient (Wildman–Crippen LogP) is 0.673. The molecule has 2 nitrogen and oxygen atoms in total. The third-order valence-corrected chi connectivity index (χ3v) is 2.61. The second-order valence-electron chi connectivity index (χ2n) is 2.87. The number of rotatable bonds is 4. The van der Waals surface area contributed by atoms with Gasteiger partial charge in [-0.05, 0) is 12.8 Å². The first-order valence-electron chi connectivity index (χ1n) is 3.97. The molecule has 1 N–H and O–H groups in total. The summed E-state index contributed by atoms with van der Waals surface area (Å²) in [7, 11) is -0.648. The van der Waals surface area contributed by atoms with Gasteiger partial charge in [0.2, 0.25) is 0 Å². The largest absolute Gasteiger partial charge is 0.312 e. The van der Waals surface area contributed by atoms with Crippen molar-refractivity contribution in [2.45, 2.75) is 18.9 Å². The van der Waals surface area contributed by atoms with Crippen molar-refractivity contribution >= 4 is 10.8 Å². The van der Waals surface area contributed by atoms with Gasteiger partial charge in [0.25, 0.3) is 0 Å². The maximum absolute atomic E-state index is 10.7. The van der Waals surface area contributed by atoms with Crippen LogP contribution in [-0.4, -0.2) is 28.8 Å². The highest BCUT2D eigenvalue weighted by Crippen LogP contribution is 2.08. The summed E-state index contributed by atoms with van der Waals surface area (Å²) in [6.45, 7) is 0.884. The predicted molar refractivity (Wildman–Crippen MR) is 49.1 cm³/mol. The Morgan fingerprint density at radius 3 is 2.73 bits per heavy atom. The first kappa shape index (κ1) is 8.94. The molecule has 0 aliphatic heterocycles. The molecule has 1 atom stereocenters. The first-order valence-corrected chi connectivity index (χ1v) is 5.70. The quantitative estimate of drug-likeness (QED) is 0.633. The van der Waals surface area contributed by atoms with Crippen LogP contribution in [0, 0.1) is 0 Å². The topological polar surface area (TPSA) is 29.1 Å². The Kier molecular flexibility index (Phi) is 3.80. The third-order valence-electron chi connectivity index (χ3n) is 1.83. The summed E-state index contributed by atoms with van der Waals surface area (Å²) in [6, 6.07) is 0.610. The lowest BCUT2D eigenvalue weighted by Crippen LogP contribution is -2.29. The molecule has 3 heteroatoms. The van der Waals surface area contributed by atoms with Crippen LogP contribution in [-0.2, 0) is 10.8 Å². The van der Waals surface area contributed by atoms with Crippen molar-refractivity contribution < 1.29 is 4.21 Å². The SMILES string of the molecule is CS(=O)CCNC1CC=CC1. The monoisotopic (exact) mass is 173 g/mol. The average molecular weight is 173 g/mol. The minimum absolute atomic E-state index is 0.610. The van der Waals surface area contributed by atoms with E-state index in [2.05, 4.69) is 17.5 Å². The Morgan fingerprint density at radius 2 is 2.18 bits per heavy atom. The van der Waals surface area contributed by atoms with Crippen LogP contribution in [0.3, 0.4) is 0 Å². The van der Waals surface area contributed by atoms with E-state index >= 15 is 0 Å². The van der Waals surface area contributed by atoms with Gasteiger partial charge in [-0.3, -0.25) is 4.21 Å². The lowest BCUT2D eigenvalue weighted by Gasteiger charge is -2.10. The van der Waals surface area contributed by atoms with E-state index < -0.39 is 10.8 Å². The van der Waals surface area contributed by atoms with E-state index in [1.54, 1.807) is 6.26 Å². The Morgan fingerprint density at radius 1 is 1.55 bits per heavy atom. The highest BCUT2D eigenvalue weighted by Gasteiger charge is 2.07. The molecule has 11 heavy (non-hydrogen) atoms. The Hall–Kier alpha value is -0.150. The van der Waals surface area contributed by atoms with E-state index in [0.717, 1.165) is 25.1 Å². The Balaban J connectivity index is 1.99. The Labute approximate surface area is 70.5 Å². The molecular formula is C8H15NOS. The molecule has 0 aromatic heterocycles. The zero-order chi connectivity index (χ0) is 8.10. The summed E-state index contributed by atoms with van der Waals surface area (Å²) in [5.74, 6) is 0.774. The third kappa shape index (κ3) is 3.68. The fourth-order valence-corrected chi connectivity index (χ4v) is 1.60. The molecule has 1 rings (SSSR count). The van der Waals surface area contributed by atoms with Crippen molar-refractivity contribution in [1.29, 1.82) is 0 Å². The van der Waals surface area contributed by atoms with Gasteiger partial charge in [0.05, 0.1) is 0 Å². The second kappa shape index (κ2) is 4.67. The highest BCUT2D eigenvalue weighted by molar-refractivity contribution is 7.84. The highest BCUT2D eigenvalue weighted by atomic mass is 32.2. The van der Waals surface area contributed by atoms with Gasteiger partial charge in [0.15, 0.2) is 0 Å². The second-order valence-corrected chi connectivity index (χ2v) is 4.43. The van der Waals surface area contributed by atoms with Gasteiger partial charge in [-0.1, -0.05) is 12.2 Å². The van der Waals surface area contributed by atoms with Crippen LogP contribution in [0.15, 0.2) is 12.2 Å². The van der Waals surface area contributed by atoms with Crippen molar-refractivity contribution in [2.24, 2.45) is 0 Å². The normalized spacial score (nSPS) is 20.8. The summed E-state index contributed by atoms with van der Waals surface area (Å²) in [5, 5.41) is 3.36. The first-order chi connectivity index (χ1) is 5.29. The van der Waals surface area contributed by atoms with Crippen LogP contribution in [0.25, 0.3) is 0 Å². The summed E-state index contributed by atoms with van der Waals surface area (Å²) in [6.07, 6.45) is 8.41. The van der Waals surface area contributed by atoms with E-state index in [1.807, 2.05) is 0 Å². The molecule has 0 heterocycles. The molecular weight excluding hydrogens is 158 g/mol. The minimum Gasteiger partial charge on any atom is -0.312 e. The summed E-state index contributed by atoms with van der Waals surface area (Å²) in [4.78, 5) is 0. The van der Waals surface area contributed by atoms with Crippen LogP contribution in [0.5, 0.6) is 0 Å². The number of nitrogens with one attached hydrogen (secondary N) is 1. The maximum atomic E-state index is 10.7. The molecule has 64 valence electrons. The molecule has 0 amide bonds. The Bertz CT molecular complexity index is 159. The van der Waals surface area contributed by atoms with Crippen LogP contribution < -0.4 is 5.32 Å². The zero-order valence-corrected chi connectivity index (χ0v) is 7.69. The van der Waals surface area contributed by atoms with Crippen LogP contribution in [0.1, 0.15) is 12.8 Å². The van der Waals surface area contributed by atoms with Gasteiger partial charge in [-0.25, -0.2) is 0 Å². The molecule has 0 fully saturated rings. The summed E-state index contributed by atoms with van der Waals surface area (Å²) < 4.78 is 10.7. The van der Waals surface area contributed by atoms with Gasteiger partial charge in [0.1, 0.15) is 0 Å². The molecule has 0 aromatic rings.